The molecule has 2 aliphatic rings. The Balaban J connectivity index is 1.32. The van der Waals surface area contributed by atoms with E-state index in [4.69, 9.17) is 11.6 Å². The lowest BCUT2D eigenvalue weighted by Crippen LogP contribution is -2.53. The summed E-state index contributed by atoms with van der Waals surface area (Å²) in [6.07, 6.45) is 6.01. The topological polar surface area (TPSA) is 77.5 Å². The number of halogens is 1. The standard InChI is InChI=1S/C31H36ClN7O/c1-4-28-26(8-5-22-6-10-29(33-2)34-20-22)30(36-21-35-28)23-7-9-25(27(32)19-23)31(40)39-13-11-24(12-14-39)38-17-15-37(3)16-18-38/h6-7,9-10,19-21,24H,4,11-18H2,1-3H3,(H,33,34). The minimum Gasteiger partial charge on any atom is -0.373 e. The maximum Gasteiger partial charge on any atom is 0.255 e. The molecular formula is C31H36ClN7O. The van der Waals surface area contributed by atoms with Crippen LogP contribution in [0.1, 0.15) is 46.9 Å². The third-order valence-electron chi connectivity index (χ3n) is 7.89. The largest absolute Gasteiger partial charge is 0.373 e. The molecule has 208 valence electrons. The van der Waals surface area contributed by atoms with Crippen molar-refractivity contribution in [1.82, 2.24) is 29.7 Å². The van der Waals surface area contributed by atoms with Gasteiger partial charge in [-0.05, 0) is 50.6 Å². The molecule has 0 aliphatic carbocycles. The Morgan fingerprint density at radius 3 is 2.45 bits per heavy atom. The summed E-state index contributed by atoms with van der Waals surface area (Å²) in [6.45, 7) is 7.99. The number of benzene rings is 1. The molecule has 0 saturated carbocycles. The number of amides is 1. The molecule has 2 saturated heterocycles. The first-order valence-electron chi connectivity index (χ1n) is 14.0. The van der Waals surface area contributed by atoms with Gasteiger partial charge in [-0.2, -0.15) is 0 Å². The van der Waals surface area contributed by atoms with Crippen LogP contribution in [0.2, 0.25) is 5.02 Å². The number of likely N-dealkylation sites (tertiary alicyclic amines) is 1. The van der Waals surface area contributed by atoms with Crippen molar-refractivity contribution in [1.29, 1.82) is 0 Å². The number of aryl methyl sites for hydroxylation is 1. The van der Waals surface area contributed by atoms with E-state index in [9.17, 15) is 4.79 Å². The Morgan fingerprint density at radius 2 is 1.80 bits per heavy atom. The fourth-order valence-corrected chi connectivity index (χ4v) is 5.68. The van der Waals surface area contributed by atoms with E-state index >= 15 is 0 Å². The Hall–Kier alpha value is -3.51. The van der Waals surface area contributed by atoms with Crippen LogP contribution in [0.3, 0.4) is 0 Å². The molecule has 0 spiro atoms. The zero-order valence-electron chi connectivity index (χ0n) is 23.5. The molecule has 8 nitrogen and oxygen atoms in total. The summed E-state index contributed by atoms with van der Waals surface area (Å²) < 4.78 is 0. The van der Waals surface area contributed by atoms with Crippen LogP contribution < -0.4 is 5.32 Å². The minimum absolute atomic E-state index is 0.0113. The maximum atomic E-state index is 13.4. The summed E-state index contributed by atoms with van der Waals surface area (Å²) in [5, 5.41) is 3.43. The highest BCUT2D eigenvalue weighted by Crippen LogP contribution is 2.29. The molecule has 0 bridgehead atoms. The van der Waals surface area contributed by atoms with Crippen molar-refractivity contribution in [3.8, 4) is 23.1 Å². The summed E-state index contributed by atoms with van der Waals surface area (Å²) in [7, 11) is 4.01. The van der Waals surface area contributed by atoms with Gasteiger partial charge < -0.3 is 15.1 Å². The number of nitrogens with one attached hydrogen (secondary N) is 1. The number of nitrogens with zero attached hydrogens (tertiary/aromatic N) is 6. The average Bonchev–Trinajstić information content (AvgIpc) is 3.00. The lowest BCUT2D eigenvalue weighted by Gasteiger charge is -2.42. The number of piperazine rings is 1. The molecule has 2 fully saturated rings. The SMILES string of the molecule is CCc1ncnc(-c2ccc(C(=O)N3CCC(N4CCN(C)CC4)CC3)c(Cl)c2)c1C#Cc1ccc(NC)nc1. The van der Waals surface area contributed by atoms with E-state index in [1.807, 2.05) is 49.2 Å². The van der Waals surface area contributed by atoms with Gasteiger partial charge in [0.2, 0.25) is 0 Å². The number of hydrogen-bond donors (Lipinski definition) is 1. The molecule has 4 heterocycles. The number of aromatic nitrogens is 3. The molecule has 1 amide bonds. The van der Waals surface area contributed by atoms with Crippen LogP contribution in [0.25, 0.3) is 11.3 Å². The Bertz CT molecular complexity index is 1400. The van der Waals surface area contributed by atoms with Crippen molar-refractivity contribution in [2.75, 3.05) is 58.7 Å². The fourth-order valence-electron chi connectivity index (χ4n) is 5.42. The number of likely N-dealkylation sites (N-methyl/N-ethyl adjacent to an activating group) is 1. The van der Waals surface area contributed by atoms with Gasteiger partial charge in [0.25, 0.3) is 5.91 Å². The third kappa shape index (κ3) is 6.28. The molecule has 3 aromatic rings. The lowest BCUT2D eigenvalue weighted by molar-refractivity contribution is 0.0519. The quantitative estimate of drug-likeness (QED) is 0.474. The number of anilines is 1. The zero-order chi connectivity index (χ0) is 28.1. The predicted molar refractivity (Wildman–Crippen MR) is 160 cm³/mol. The first-order valence-corrected chi connectivity index (χ1v) is 14.4. The van der Waals surface area contributed by atoms with Crippen LogP contribution in [-0.2, 0) is 6.42 Å². The van der Waals surface area contributed by atoms with Crippen LogP contribution in [0.15, 0.2) is 42.9 Å². The van der Waals surface area contributed by atoms with Gasteiger partial charge in [-0.3, -0.25) is 9.69 Å². The summed E-state index contributed by atoms with van der Waals surface area (Å²) in [5.41, 5.74) is 4.44. The number of pyridine rings is 1. The predicted octanol–water partition coefficient (Wildman–Crippen LogP) is 4.05. The molecule has 0 atom stereocenters. The minimum atomic E-state index is -0.0113. The van der Waals surface area contributed by atoms with Crippen LogP contribution in [0.5, 0.6) is 0 Å². The highest BCUT2D eigenvalue weighted by atomic mass is 35.5. The molecule has 0 radical (unpaired) electrons. The van der Waals surface area contributed by atoms with E-state index in [0.717, 1.165) is 80.3 Å². The van der Waals surface area contributed by atoms with E-state index in [2.05, 4.69) is 49.0 Å². The van der Waals surface area contributed by atoms with Crippen molar-refractivity contribution in [3.63, 3.8) is 0 Å². The van der Waals surface area contributed by atoms with Gasteiger partial charge in [-0.15, -0.1) is 0 Å². The molecule has 1 aromatic carbocycles. The second-order valence-electron chi connectivity index (χ2n) is 10.4. The first-order chi connectivity index (χ1) is 19.5. The molecule has 1 N–H and O–H groups in total. The highest BCUT2D eigenvalue weighted by Gasteiger charge is 2.29. The molecular weight excluding hydrogens is 522 g/mol. The third-order valence-corrected chi connectivity index (χ3v) is 8.20. The van der Waals surface area contributed by atoms with E-state index in [0.29, 0.717) is 28.7 Å². The van der Waals surface area contributed by atoms with Gasteiger partial charge in [-0.1, -0.05) is 36.4 Å². The molecule has 5 rings (SSSR count). The Labute approximate surface area is 241 Å². The molecule has 9 heteroatoms. The second-order valence-corrected chi connectivity index (χ2v) is 10.8. The molecule has 0 unspecified atom stereocenters. The van der Waals surface area contributed by atoms with Crippen molar-refractivity contribution in [2.24, 2.45) is 0 Å². The number of piperidine rings is 1. The summed E-state index contributed by atoms with van der Waals surface area (Å²) >= 11 is 6.73. The maximum absolute atomic E-state index is 13.4. The van der Waals surface area contributed by atoms with E-state index in [-0.39, 0.29) is 5.91 Å². The summed E-state index contributed by atoms with van der Waals surface area (Å²) in [4.78, 5) is 33.7. The molecule has 2 aromatic heterocycles. The highest BCUT2D eigenvalue weighted by molar-refractivity contribution is 6.34. The van der Waals surface area contributed by atoms with Crippen LogP contribution in [-0.4, -0.2) is 95.0 Å². The molecule has 40 heavy (non-hydrogen) atoms. The Morgan fingerprint density at radius 1 is 1.02 bits per heavy atom. The van der Waals surface area contributed by atoms with Gasteiger partial charge in [0, 0.05) is 69.7 Å². The van der Waals surface area contributed by atoms with Crippen LogP contribution in [0.4, 0.5) is 5.82 Å². The Kier molecular flexibility index (Phi) is 8.95. The van der Waals surface area contributed by atoms with E-state index in [1.54, 1.807) is 12.5 Å². The van der Waals surface area contributed by atoms with Gasteiger partial charge in [0.1, 0.15) is 12.1 Å². The summed E-state index contributed by atoms with van der Waals surface area (Å²) in [5.74, 6) is 7.23. The van der Waals surface area contributed by atoms with Crippen molar-refractivity contribution in [2.45, 2.75) is 32.2 Å². The summed E-state index contributed by atoms with van der Waals surface area (Å²) in [6, 6.07) is 9.91. The average molecular weight is 558 g/mol. The van der Waals surface area contributed by atoms with Crippen molar-refractivity contribution < 1.29 is 4.79 Å². The smallest absolute Gasteiger partial charge is 0.255 e. The zero-order valence-corrected chi connectivity index (χ0v) is 24.2. The van der Waals surface area contributed by atoms with Gasteiger partial charge in [0.15, 0.2) is 0 Å². The van der Waals surface area contributed by atoms with Crippen LogP contribution >= 0.6 is 11.6 Å². The number of hydrogen-bond acceptors (Lipinski definition) is 7. The first kappa shape index (κ1) is 28.0. The van der Waals surface area contributed by atoms with Gasteiger partial charge >= 0.3 is 0 Å². The number of carbonyl (C=O) groups excluding carboxylic acids is 1. The monoisotopic (exact) mass is 557 g/mol. The van der Waals surface area contributed by atoms with Crippen molar-refractivity contribution in [3.05, 3.63) is 70.3 Å². The number of rotatable bonds is 5. The van der Waals surface area contributed by atoms with Gasteiger partial charge in [-0.25, -0.2) is 15.0 Å². The number of carbonyl (C=O) groups is 1. The second kappa shape index (κ2) is 12.8. The van der Waals surface area contributed by atoms with Crippen molar-refractivity contribution >= 4 is 23.3 Å². The fraction of sp³-hybridized carbons (Fsp3) is 0.419. The van der Waals surface area contributed by atoms with E-state index < -0.39 is 0 Å². The van der Waals surface area contributed by atoms with E-state index in [1.165, 1.54) is 0 Å². The van der Waals surface area contributed by atoms with Gasteiger partial charge in [0.05, 0.1) is 27.5 Å². The normalized spacial score (nSPS) is 16.9. The van der Waals surface area contributed by atoms with Crippen LogP contribution in [0, 0.1) is 11.8 Å². The lowest BCUT2D eigenvalue weighted by atomic mass is 9.99. The molecule has 2 aliphatic heterocycles.